The maximum Gasteiger partial charge on any atom is 0.256 e. The van der Waals surface area contributed by atoms with Gasteiger partial charge in [-0.05, 0) is 48.9 Å². The van der Waals surface area contributed by atoms with Gasteiger partial charge in [0.05, 0.1) is 5.56 Å². The molecule has 2 aromatic carbocycles. The molecule has 6 heteroatoms. The van der Waals surface area contributed by atoms with Gasteiger partial charge in [0.15, 0.2) is 0 Å². The Morgan fingerprint density at radius 2 is 1.48 bits per heavy atom. The van der Waals surface area contributed by atoms with Crippen molar-refractivity contribution in [2.45, 2.75) is 6.92 Å². The molecule has 0 radical (unpaired) electrons. The molecule has 1 aliphatic rings. The van der Waals surface area contributed by atoms with Gasteiger partial charge in [-0.3, -0.25) is 9.59 Å². The summed E-state index contributed by atoms with van der Waals surface area (Å²) >= 11 is 3.35. The van der Waals surface area contributed by atoms with Crippen molar-refractivity contribution in [3.05, 3.63) is 69.4 Å². The summed E-state index contributed by atoms with van der Waals surface area (Å²) in [6.07, 6.45) is 0. The van der Waals surface area contributed by atoms with Gasteiger partial charge in [0.2, 0.25) is 0 Å². The van der Waals surface area contributed by atoms with E-state index in [1.807, 2.05) is 12.1 Å². The van der Waals surface area contributed by atoms with E-state index in [1.54, 1.807) is 34.9 Å². The number of halogens is 2. The smallest absolute Gasteiger partial charge is 0.256 e. The van der Waals surface area contributed by atoms with Crippen LogP contribution in [0.3, 0.4) is 0 Å². The zero-order chi connectivity index (χ0) is 18.0. The van der Waals surface area contributed by atoms with Crippen LogP contribution in [0.5, 0.6) is 0 Å². The lowest BCUT2D eigenvalue weighted by Gasteiger charge is -2.35. The Morgan fingerprint density at radius 1 is 0.920 bits per heavy atom. The van der Waals surface area contributed by atoms with Gasteiger partial charge < -0.3 is 9.80 Å². The van der Waals surface area contributed by atoms with Crippen LogP contribution in [-0.4, -0.2) is 47.8 Å². The molecule has 2 aromatic rings. The van der Waals surface area contributed by atoms with Gasteiger partial charge in [-0.15, -0.1) is 0 Å². The summed E-state index contributed by atoms with van der Waals surface area (Å²) in [6.45, 7) is 3.45. The first kappa shape index (κ1) is 17.6. The fraction of sp³-hybridized carbons (Fsp3) is 0.263. The van der Waals surface area contributed by atoms with E-state index in [1.165, 1.54) is 12.1 Å². The number of hydrogen-bond acceptors (Lipinski definition) is 2. The molecule has 0 bridgehead atoms. The fourth-order valence-corrected chi connectivity index (χ4v) is 3.12. The van der Waals surface area contributed by atoms with E-state index in [0.717, 1.165) is 10.0 Å². The van der Waals surface area contributed by atoms with Crippen LogP contribution in [0.15, 0.2) is 46.9 Å². The van der Waals surface area contributed by atoms with E-state index in [-0.39, 0.29) is 17.4 Å². The molecule has 0 spiro atoms. The maximum absolute atomic E-state index is 14.0. The average Bonchev–Trinajstić information content (AvgIpc) is 2.61. The highest BCUT2D eigenvalue weighted by molar-refractivity contribution is 9.10. The molecule has 0 aliphatic carbocycles. The number of nitrogens with zero attached hydrogens (tertiary/aromatic N) is 2. The van der Waals surface area contributed by atoms with Gasteiger partial charge >= 0.3 is 0 Å². The molecule has 1 heterocycles. The van der Waals surface area contributed by atoms with Crippen molar-refractivity contribution in [1.29, 1.82) is 0 Å². The van der Waals surface area contributed by atoms with Gasteiger partial charge in [0.1, 0.15) is 5.82 Å². The van der Waals surface area contributed by atoms with Gasteiger partial charge in [0.25, 0.3) is 11.8 Å². The van der Waals surface area contributed by atoms with Gasteiger partial charge in [0, 0.05) is 36.2 Å². The second kappa shape index (κ2) is 7.35. The number of benzene rings is 2. The molecule has 2 amide bonds. The molecule has 0 saturated carbocycles. The number of amides is 2. The molecular weight excluding hydrogens is 387 g/mol. The first-order chi connectivity index (χ1) is 12.0. The number of piperazine rings is 1. The fourth-order valence-electron chi connectivity index (χ4n) is 2.85. The molecule has 0 atom stereocenters. The predicted molar refractivity (Wildman–Crippen MR) is 97.1 cm³/mol. The highest BCUT2D eigenvalue weighted by Crippen LogP contribution is 2.16. The molecule has 1 aliphatic heterocycles. The van der Waals surface area contributed by atoms with Crippen molar-refractivity contribution in [3.63, 3.8) is 0 Å². The molecule has 25 heavy (non-hydrogen) atoms. The lowest BCUT2D eigenvalue weighted by molar-refractivity contribution is 0.0533. The lowest BCUT2D eigenvalue weighted by Crippen LogP contribution is -2.50. The molecule has 130 valence electrons. The van der Waals surface area contributed by atoms with Crippen LogP contribution in [0, 0.1) is 12.7 Å². The first-order valence-electron chi connectivity index (χ1n) is 8.06. The molecule has 0 N–H and O–H groups in total. The van der Waals surface area contributed by atoms with Gasteiger partial charge in [-0.1, -0.05) is 22.0 Å². The summed E-state index contributed by atoms with van der Waals surface area (Å²) in [7, 11) is 0. The van der Waals surface area contributed by atoms with Crippen molar-refractivity contribution < 1.29 is 14.0 Å². The number of hydrogen-bond donors (Lipinski definition) is 0. The topological polar surface area (TPSA) is 40.6 Å². The second-order valence-corrected chi connectivity index (χ2v) is 6.99. The zero-order valence-electron chi connectivity index (χ0n) is 13.8. The highest BCUT2D eigenvalue weighted by atomic mass is 79.9. The number of aryl methyl sites for hydroxylation is 1. The lowest BCUT2D eigenvalue weighted by atomic mass is 10.1. The van der Waals surface area contributed by atoms with Crippen LogP contribution in [0.2, 0.25) is 0 Å². The minimum Gasteiger partial charge on any atom is -0.335 e. The summed E-state index contributed by atoms with van der Waals surface area (Å²) < 4.78 is 14.9. The standard InChI is InChI=1S/C19H18BrFN2O2/c1-13-2-7-16(17(21)12-13)19(25)23-10-8-22(9-11-23)18(24)14-3-5-15(20)6-4-14/h2-7,12H,8-11H2,1H3. The largest absolute Gasteiger partial charge is 0.335 e. The molecule has 3 rings (SSSR count). The Hall–Kier alpha value is -2.21. The van der Waals surface area contributed by atoms with Crippen LogP contribution in [0.4, 0.5) is 4.39 Å². The quantitative estimate of drug-likeness (QED) is 0.768. The van der Waals surface area contributed by atoms with E-state index < -0.39 is 5.82 Å². The molecule has 0 aromatic heterocycles. The van der Waals surface area contributed by atoms with Crippen molar-refractivity contribution in [2.24, 2.45) is 0 Å². The SMILES string of the molecule is Cc1ccc(C(=O)N2CCN(C(=O)c3ccc(Br)cc3)CC2)c(F)c1. The van der Waals surface area contributed by atoms with Gasteiger partial charge in [-0.25, -0.2) is 4.39 Å². The van der Waals surface area contributed by atoms with E-state index in [0.29, 0.717) is 31.7 Å². The predicted octanol–water partition coefficient (Wildman–Crippen LogP) is 3.49. The Morgan fingerprint density at radius 3 is 2.04 bits per heavy atom. The van der Waals surface area contributed by atoms with E-state index >= 15 is 0 Å². The second-order valence-electron chi connectivity index (χ2n) is 6.07. The third-order valence-electron chi connectivity index (χ3n) is 4.30. The summed E-state index contributed by atoms with van der Waals surface area (Å²) in [5, 5.41) is 0. The molecular formula is C19H18BrFN2O2. The van der Waals surface area contributed by atoms with Crippen LogP contribution >= 0.6 is 15.9 Å². The summed E-state index contributed by atoms with van der Waals surface area (Å²) in [5.41, 5.74) is 1.48. The third-order valence-corrected chi connectivity index (χ3v) is 4.83. The monoisotopic (exact) mass is 404 g/mol. The van der Waals surface area contributed by atoms with Crippen LogP contribution in [-0.2, 0) is 0 Å². The van der Waals surface area contributed by atoms with Crippen molar-refractivity contribution in [1.82, 2.24) is 9.80 Å². The highest BCUT2D eigenvalue weighted by Gasteiger charge is 2.26. The Bertz CT molecular complexity index is 800. The third kappa shape index (κ3) is 3.90. The minimum absolute atomic E-state index is 0.0545. The Kier molecular flexibility index (Phi) is 5.18. The summed E-state index contributed by atoms with van der Waals surface area (Å²) in [4.78, 5) is 28.3. The molecule has 4 nitrogen and oxygen atoms in total. The summed E-state index contributed by atoms with van der Waals surface area (Å²) in [5.74, 6) is -0.882. The Balaban J connectivity index is 1.64. The molecule has 1 saturated heterocycles. The van der Waals surface area contributed by atoms with E-state index in [4.69, 9.17) is 0 Å². The number of rotatable bonds is 2. The first-order valence-corrected chi connectivity index (χ1v) is 8.85. The average molecular weight is 405 g/mol. The maximum atomic E-state index is 14.0. The molecule has 1 fully saturated rings. The number of carbonyl (C=O) groups is 2. The van der Waals surface area contributed by atoms with E-state index in [2.05, 4.69) is 15.9 Å². The van der Waals surface area contributed by atoms with Crippen molar-refractivity contribution >= 4 is 27.7 Å². The normalized spacial score (nSPS) is 14.5. The number of carbonyl (C=O) groups excluding carboxylic acids is 2. The minimum atomic E-state index is -0.502. The zero-order valence-corrected chi connectivity index (χ0v) is 15.4. The van der Waals surface area contributed by atoms with Gasteiger partial charge in [-0.2, -0.15) is 0 Å². The summed E-state index contributed by atoms with van der Waals surface area (Å²) in [6, 6.07) is 11.8. The van der Waals surface area contributed by atoms with Crippen LogP contribution < -0.4 is 0 Å². The Labute approximate surface area is 154 Å². The van der Waals surface area contributed by atoms with Crippen LogP contribution in [0.25, 0.3) is 0 Å². The molecule has 0 unspecified atom stereocenters. The van der Waals surface area contributed by atoms with Crippen molar-refractivity contribution in [2.75, 3.05) is 26.2 Å². The van der Waals surface area contributed by atoms with Crippen LogP contribution in [0.1, 0.15) is 26.3 Å². The van der Waals surface area contributed by atoms with Crippen molar-refractivity contribution in [3.8, 4) is 0 Å². The van der Waals surface area contributed by atoms with E-state index in [9.17, 15) is 14.0 Å².